The smallest absolute Gasteiger partial charge is 0.00373 e. The van der Waals surface area contributed by atoms with E-state index >= 15 is 0 Å². The molecule has 0 aromatic carbocycles. The molecule has 0 spiro atoms. The van der Waals surface area contributed by atoms with Crippen LogP contribution in [-0.4, -0.2) is 4.98 Å². The maximum absolute atomic E-state index is 3.11. The van der Waals surface area contributed by atoms with Crippen LogP contribution in [0.5, 0.6) is 0 Å². The van der Waals surface area contributed by atoms with Gasteiger partial charge in [-0.1, -0.05) is 70.6 Å². The van der Waals surface area contributed by atoms with E-state index in [4.69, 9.17) is 0 Å². The Labute approximate surface area is 135 Å². The number of H-pyrrole nitrogens is 1. The van der Waals surface area contributed by atoms with Crippen molar-refractivity contribution in [2.75, 3.05) is 0 Å². The van der Waals surface area contributed by atoms with Gasteiger partial charge in [-0.15, -0.1) is 0 Å². The molecule has 0 saturated heterocycles. The van der Waals surface area contributed by atoms with Crippen LogP contribution in [0.15, 0.2) is 18.5 Å². The molecule has 3 rings (SSSR count). The Bertz CT molecular complexity index is 290. The third kappa shape index (κ3) is 7.55. The average Bonchev–Trinajstić information content (AvgIpc) is 3.18. The van der Waals surface area contributed by atoms with Crippen molar-refractivity contribution < 1.29 is 17.1 Å². The van der Waals surface area contributed by atoms with Crippen molar-refractivity contribution in [2.45, 2.75) is 83.5 Å². The third-order valence-corrected chi connectivity index (χ3v) is 4.71. The summed E-state index contributed by atoms with van der Waals surface area (Å²) in [4.78, 5) is 3.11. The normalized spacial score (nSPS) is 18.4. The molecular formula is C18H31FeN. The number of unbranched alkanes of at least 4 members (excludes halogenated alkanes) is 1. The monoisotopic (exact) mass is 317 g/mol. The zero-order valence-electron chi connectivity index (χ0n) is 12.9. The largest absolute Gasteiger partial charge is 0.367 e. The van der Waals surface area contributed by atoms with Crippen LogP contribution in [0.2, 0.25) is 0 Å². The molecule has 0 amide bonds. The van der Waals surface area contributed by atoms with Gasteiger partial charge in [0.2, 0.25) is 0 Å². The van der Waals surface area contributed by atoms with Gasteiger partial charge >= 0.3 is 0 Å². The molecule has 2 fully saturated rings. The molecule has 116 valence electrons. The predicted molar refractivity (Wildman–Crippen MR) is 83.4 cm³/mol. The van der Waals surface area contributed by atoms with Crippen molar-refractivity contribution >= 4 is 0 Å². The topological polar surface area (TPSA) is 15.8 Å². The van der Waals surface area contributed by atoms with Gasteiger partial charge in [-0.2, -0.15) is 0 Å². The minimum atomic E-state index is 0. The van der Waals surface area contributed by atoms with Crippen LogP contribution in [-0.2, 0) is 23.5 Å². The van der Waals surface area contributed by atoms with Crippen LogP contribution in [0.3, 0.4) is 0 Å². The Kier molecular flexibility index (Phi) is 10.2. The number of aromatic nitrogens is 1. The predicted octanol–water partition coefficient (Wildman–Crippen LogP) is 5.87. The molecule has 2 saturated carbocycles. The van der Waals surface area contributed by atoms with Gasteiger partial charge in [-0.25, -0.2) is 0 Å². The van der Waals surface area contributed by atoms with Crippen LogP contribution < -0.4 is 0 Å². The van der Waals surface area contributed by atoms with E-state index in [1.54, 1.807) is 0 Å². The number of aryl methyl sites for hydroxylation is 1. The van der Waals surface area contributed by atoms with Crippen LogP contribution in [0.25, 0.3) is 0 Å². The molecule has 2 aliphatic rings. The first-order valence-electron chi connectivity index (χ1n) is 8.57. The molecule has 0 unspecified atom stereocenters. The fourth-order valence-corrected chi connectivity index (χ4v) is 3.46. The van der Waals surface area contributed by atoms with Gasteiger partial charge in [0.05, 0.1) is 0 Å². The molecule has 2 aliphatic carbocycles. The summed E-state index contributed by atoms with van der Waals surface area (Å²) in [6, 6.07) is 2.19. The fourth-order valence-electron chi connectivity index (χ4n) is 3.46. The van der Waals surface area contributed by atoms with Crippen molar-refractivity contribution in [3.05, 3.63) is 24.0 Å². The first kappa shape index (κ1) is 17.8. The molecule has 1 aromatic heterocycles. The van der Waals surface area contributed by atoms with E-state index in [0.717, 1.165) is 5.92 Å². The Morgan fingerprint density at radius 2 is 1.55 bits per heavy atom. The summed E-state index contributed by atoms with van der Waals surface area (Å²) in [6.07, 6.45) is 23.2. The van der Waals surface area contributed by atoms with E-state index in [0.29, 0.717) is 0 Å². The maximum Gasteiger partial charge on any atom is 0.00373 e. The maximum atomic E-state index is 3.11. The fraction of sp³-hybridized carbons (Fsp3) is 0.778. The van der Waals surface area contributed by atoms with Crippen LogP contribution in [0.4, 0.5) is 0 Å². The Morgan fingerprint density at radius 3 is 2.10 bits per heavy atom. The Hall–Kier alpha value is -0.201. The molecule has 0 atom stereocenters. The number of hydrogen-bond donors (Lipinski definition) is 1. The number of aromatic amines is 1. The molecule has 1 aromatic rings. The van der Waals surface area contributed by atoms with E-state index in [9.17, 15) is 0 Å². The zero-order valence-corrected chi connectivity index (χ0v) is 14.0. The second-order valence-electron chi connectivity index (χ2n) is 6.38. The Morgan fingerprint density at radius 1 is 0.900 bits per heavy atom. The molecule has 20 heavy (non-hydrogen) atoms. The van der Waals surface area contributed by atoms with Gasteiger partial charge in [-0.3, -0.25) is 0 Å². The van der Waals surface area contributed by atoms with E-state index in [1.807, 2.05) is 6.20 Å². The van der Waals surface area contributed by atoms with E-state index in [2.05, 4.69) is 17.2 Å². The van der Waals surface area contributed by atoms with Crippen molar-refractivity contribution in [1.29, 1.82) is 0 Å². The van der Waals surface area contributed by atoms with Crippen molar-refractivity contribution in [1.82, 2.24) is 4.98 Å². The van der Waals surface area contributed by atoms with Gasteiger partial charge in [-0.05, 0) is 30.4 Å². The summed E-state index contributed by atoms with van der Waals surface area (Å²) < 4.78 is 0. The number of hydrogen-bond acceptors (Lipinski definition) is 0. The second kappa shape index (κ2) is 11.5. The van der Waals surface area contributed by atoms with Crippen molar-refractivity contribution in [3.63, 3.8) is 0 Å². The molecule has 1 nitrogen and oxygen atoms in total. The van der Waals surface area contributed by atoms with E-state index in [-0.39, 0.29) is 17.1 Å². The molecule has 1 N–H and O–H groups in total. The average molecular weight is 317 g/mol. The SMILES string of the molecule is C1CCCC1.[Fe].c1cc(CCCCC2CCCC2)c[nH]1. The summed E-state index contributed by atoms with van der Waals surface area (Å²) in [5, 5.41) is 0. The van der Waals surface area contributed by atoms with Gasteiger partial charge in [0.25, 0.3) is 0 Å². The molecular weight excluding hydrogens is 286 g/mol. The van der Waals surface area contributed by atoms with Gasteiger partial charge < -0.3 is 4.98 Å². The van der Waals surface area contributed by atoms with E-state index < -0.39 is 0 Å². The molecule has 1 heterocycles. The van der Waals surface area contributed by atoms with Gasteiger partial charge in [0.1, 0.15) is 0 Å². The number of nitrogens with one attached hydrogen (secondary N) is 1. The van der Waals surface area contributed by atoms with Gasteiger partial charge in [0, 0.05) is 29.5 Å². The van der Waals surface area contributed by atoms with Crippen LogP contribution >= 0.6 is 0 Å². The summed E-state index contributed by atoms with van der Waals surface area (Å²) >= 11 is 0. The second-order valence-corrected chi connectivity index (χ2v) is 6.38. The molecule has 0 radical (unpaired) electrons. The minimum absolute atomic E-state index is 0. The molecule has 0 bridgehead atoms. The third-order valence-electron chi connectivity index (χ3n) is 4.71. The summed E-state index contributed by atoms with van der Waals surface area (Å²) in [6.45, 7) is 0. The molecule has 0 aliphatic heterocycles. The number of rotatable bonds is 5. The first-order valence-corrected chi connectivity index (χ1v) is 8.57. The summed E-state index contributed by atoms with van der Waals surface area (Å²) in [5.41, 5.74) is 1.47. The minimum Gasteiger partial charge on any atom is -0.367 e. The van der Waals surface area contributed by atoms with Crippen LogP contribution in [0.1, 0.15) is 82.6 Å². The van der Waals surface area contributed by atoms with Crippen LogP contribution in [0, 0.1) is 5.92 Å². The Balaban J connectivity index is 0.000000283. The summed E-state index contributed by atoms with van der Waals surface area (Å²) in [5.74, 6) is 1.07. The quantitative estimate of drug-likeness (QED) is 0.517. The first-order chi connectivity index (χ1) is 9.45. The van der Waals surface area contributed by atoms with Gasteiger partial charge in [0.15, 0.2) is 0 Å². The van der Waals surface area contributed by atoms with Crippen molar-refractivity contribution in [2.24, 2.45) is 5.92 Å². The zero-order chi connectivity index (χ0) is 13.2. The van der Waals surface area contributed by atoms with E-state index in [1.165, 1.54) is 89.0 Å². The molecule has 2 heteroatoms. The summed E-state index contributed by atoms with van der Waals surface area (Å²) in [7, 11) is 0. The standard InChI is InChI=1S/C13H21N.C5H10.Fe/c1-2-6-12(5-1)7-3-4-8-13-9-10-14-11-13;1-2-4-5-3-1;/h9-12,14H,1-8H2;1-5H2;. The van der Waals surface area contributed by atoms with Crippen molar-refractivity contribution in [3.8, 4) is 0 Å².